The molecule has 2 unspecified atom stereocenters. The molecule has 0 radical (unpaired) electrons. The first-order chi connectivity index (χ1) is 8.09. The van der Waals surface area contributed by atoms with Gasteiger partial charge in [0.2, 0.25) is 0 Å². The zero-order chi connectivity index (χ0) is 12.4. The number of hydrogen-bond donors (Lipinski definition) is 1. The van der Waals surface area contributed by atoms with Crippen molar-refractivity contribution in [3.63, 3.8) is 0 Å². The van der Waals surface area contributed by atoms with E-state index in [-0.39, 0.29) is 6.04 Å². The van der Waals surface area contributed by atoms with Crippen LogP contribution in [0.15, 0.2) is 11.4 Å². The molecule has 2 rings (SSSR count). The van der Waals surface area contributed by atoms with Crippen LogP contribution in [-0.4, -0.2) is 24.5 Å². The molecule has 1 heterocycles. The molecule has 1 saturated carbocycles. The van der Waals surface area contributed by atoms with Crippen molar-refractivity contribution >= 4 is 11.3 Å². The van der Waals surface area contributed by atoms with Gasteiger partial charge in [-0.1, -0.05) is 6.42 Å². The van der Waals surface area contributed by atoms with Crippen LogP contribution in [-0.2, 0) is 0 Å². The highest BCUT2D eigenvalue weighted by Gasteiger charge is 2.27. The Morgan fingerprint density at radius 1 is 1.53 bits per heavy atom. The predicted octanol–water partition coefficient (Wildman–Crippen LogP) is 3.18. The number of thiophene rings is 1. The SMILES string of the molecule is Cc1ccsc1C(C(C)N)N(C)CC1CCC1. The van der Waals surface area contributed by atoms with Crippen molar-refractivity contribution in [1.82, 2.24) is 4.90 Å². The maximum absolute atomic E-state index is 6.20. The molecule has 0 saturated heterocycles. The van der Waals surface area contributed by atoms with E-state index in [2.05, 4.69) is 37.2 Å². The molecule has 1 aromatic heterocycles. The lowest BCUT2D eigenvalue weighted by Gasteiger charge is -2.36. The normalized spacial score (nSPS) is 20.3. The van der Waals surface area contributed by atoms with Crippen molar-refractivity contribution in [2.24, 2.45) is 11.7 Å². The first kappa shape index (κ1) is 13.1. The Labute approximate surface area is 109 Å². The first-order valence-electron chi connectivity index (χ1n) is 6.59. The van der Waals surface area contributed by atoms with E-state index in [1.165, 1.54) is 36.2 Å². The molecule has 1 fully saturated rings. The zero-order valence-electron chi connectivity index (χ0n) is 11.1. The summed E-state index contributed by atoms with van der Waals surface area (Å²) >= 11 is 1.85. The van der Waals surface area contributed by atoms with Gasteiger partial charge in [0, 0.05) is 17.5 Å². The van der Waals surface area contributed by atoms with Crippen molar-refractivity contribution in [1.29, 1.82) is 0 Å². The Balaban J connectivity index is 2.08. The van der Waals surface area contributed by atoms with Crippen LogP contribution in [0.5, 0.6) is 0 Å². The van der Waals surface area contributed by atoms with E-state index in [9.17, 15) is 0 Å². The van der Waals surface area contributed by atoms with Crippen molar-refractivity contribution in [2.75, 3.05) is 13.6 Å². The van der Waals surface area contributed by atoms with E-state index in [1.807, 2.05) is 11.3 Å². The van der Waals surface area contributed by atoms with Crippen LogP contribution >= 0.6 is 11.3 Å². The van der Waals surface area contributed by atoms with Crippen LogP contribution in [0, 0.1) is 12.8 Å². The van der Waals surface area contributed by atoms with E-state index in [1.54, 1.807) is 0 Å². The third-order valence-electron chi connectivity index (χ3n) is 3.91. The van der Waals surface area contributed by atoms with Gasteiger partial charge in [-0.2, -0.15) is 0 Å². The molecule has 96 valence electrons. The number of rotatable bonds is 5. The molecule has 0 bridgehead atoms. The summed E-state index contributed by atoms with van der Waals surface area (Å²) in [4.78, 5) is 3.91. The Kier molecular flexibility index (Phi) is 4.23. The van der Waals surface area contributed by atoms with Crippen LogP contribution in [0.25, 0.3) is 0 Å². The van der Waals surface area contributed by atoms with Crippen molar-refractivity contribution < 1.29 is 0 Å². The smallest absolute Gasteiger partial charge is 0.0591 e. The van der Waals surface area contributed by atoms with Crippen LogP contribution in [0.4, 0.5) is 0 Å². The standard InChI is InChI=1S/C14H24N2S/c1-10-7-8-17-14(10)13(11(2)15)16(3)9-12-5-4-6-12/h7-8,11-13H,4-6,9,15H2,1-3H3. The molecule has 0 aromatic carbocycles. The third-order valence-corrected chi connectivity index (χ3v) is 5.00. The van der Waals surface area contributed by atoms with Gasteiger partial charge in [-0.25, -0.2) is 0 Å². The second-order valence-corrected chi connectivity index (χ2v) is 6.46. The van der Waals surface area contributed by atoms with Crippen molar-refractivity contribution in [3.05, 3.63) is 21.9 Å². The fourth-order valence-electron chi connectivity index (χ4n) is 2.72. The number of aryl methyl sites for hydroxylation is 1. The van der Waals surface area contributed by atoms with Gasteiger partial charge in [0.25, 0.3) is 0 Å². The summed E-state index contributed by atoms with van der Waals surface area (Å²) in [6, 6.07) is 2.78. The zero-order valence-corrected chi connectivity index (χ0v) is 12.0. The summed E-state index contributed by atoms with van der Waals surface area (Å²) in [5.74, 6) is 0.904. The van der Waals surface area contributed by atoms with Crippen LogP contribution in [0.1, 0.15) is 42.7 Å². The van der Waals surface area contributed by atoms with E-state index in [0.29, 0.717) is 6.04 Å². The molecular weight excluding hydrogens is 228 g/mol. The van der Waals surface area contributed by atoms with Gasteiger partial charge in [0.15, 0.2) is 0 Å². The lowest BCUT2D eigenvalue weighted by Crippen LogP contribution is -2.40. The van der Waals surface area contributed by atoms with Gasteiger partial charge in [0.05, 0.1) is 6.04 Å². The number of nitrogens with zero attached hydrogens (tertiary/aromatic N) is 1. The minimum Gasteiger partial charge on any atom is -0.326 e. The summed E-state index contributed by atoms with van der Waals surface area (Å²) in [5, 5.41) is 2.18. The van der Waals surface area contributed by atoms with Gasteiger partial charge in [-0.05, 0) is 56.7 Å². The molecule has 0 spiro atoms. The van der Waals surface area contributed by atoms with Gasteiger partial charge >= 0.3 is 0 Å². The van der Waals surface area contributed by atoms with Gasteiger partial charge in [-0.15, -0.1) is 11.3 Å². The lowest BCUT2D eigenvalue weighted by atomic mass is 9.84. The maximum atomic E-state index is 6.20. The Morgan fingerprint density at radius 3 is 2.65 bits per heavy atom. The fourth-order valence-corrected chi connectivity index (χ4v) is 3.93. The largest absolute Gasteiger partial charge is 0.326 e. The average Bonchev–Trinajstić information content (AvgIpc) is 2.59. The van der Waals surface area contributed by atoms with E-state index in [4.69, 9.17) is 5.73 Å². The fraction of sp³-hybridized carbons (Fsp3) is 0.714. The highest BCUT2D eigenvalue weighted by Crippen LogP contribution is 2.33. The predicted molar refractivity (Wildman–Crippen MR) is 75.4 cm³/mol. The molecule has 0 amide bonds. The van der Waals surface area contributed by atoms with E-state index in [0.717, 1.165) is 5.92 Å². The van der Waals surface area contributed by atoms with E-state index >= 15 is 0 Å². The monoisotopic (exact) mass is 252 g/mol. The summed E-state index contributed by atoms with van der Waals surface area (Å²) < 4.78 is 0. The molecule has 2 N–H and O–H groups in total. The highest BCUT2D eigenvalue weighted by atomic mass is 32.1. The van der Waals surface area contributed by atoms with Crippen molar-refractivity contribution in [3.8, 4) is 0 Å². The second kappa shape index (κ2) is 5.51. The Morgan fingerprint density at radius 2 is 2.24 bits per heavy atom. The number of nitrogens with two attached hydrogens (primary N) is 1. The third kappa shape index (κ3) is 2.90. The van der Waals surface area contributed by atoms with Gasteiger partial charge < -0.3 is 5.73 Å². The molecule has 1 aliphatic carbocycles. The van der Waals surface area contributed by atoms with E-state index < -0.39 is 0 Å². The first-order valence-corrected chi connectivity index (χ1v) is 7.47. The molecule has 1 aromatic rings. The number of likely N-dealkylation sites (N-methyl/N-ethyl adjacent to an activating group) is 1. The summed E-state index contributed by atoms with van der Waals surface area (Å²) in [6.45, 7) is 5.52. The Bertz CT molecular complexity index is 355. The average molecular weight is 252 g/mol. The highest BCUT2D eigenvalue weighted by molar-refractivity contribution is 7.10. The maximum Gasteiger partial charge on any atom is 0.0591 e. The quantitative estimate of drug-likeness (QED) is 0.872. The van der Waals surface area contributed by atoms with Gasteiger partial charge in [-0.3, -0.25) is 4.90 Å². The molecule has 3 heteroatoms. The minimum atomic E-state index is 0.192. The molecule has 0 aliphatic heterocycles. The molecule has 2 nitrogen and oxygen atoms in total. The van der Waals surface area contributed by atoms with Crippen LogP contribution in [0.3, 0.4) is 0 Å². The molecule has 1 aliphatic rings. The summed E-state index contributed by atoms with van der Waals surface area (Å²) in [7, 11) is 2.23. The number of hydrogen-bond acceptors (Lipinski definition) is 3. The van der Waals surface area contributed by atoms with Crippen LogP contribution in [0.2, 0.25) is 0 Å². The van der Waals surface area contributed by atoms with Crippen LogP contribution < -0.4 is 5.73 Å². The summed E-state index contributed by atoms with van der Waals surface area (Å²) in [5.41, 5.74) is 7.58. The topological polar surface area (TPSA) is 29.3 Å². The summed E-state index contributed by atoms with van der Waals surface area (Å²) in [6.07, 6.45) is 4.22. The second-order valence-electron chi connectivity index (χ2n) is 5.51. The van der Waals surface area contributed by atoms with Gasteiger partial charge in [0.1, 0.15) is 0 Å². The molecule has 2 atom stereocenters. The Hall–Kier alpha value is -0.380. The lowest BCUT2D eigenvalue weighted by molar-refractivity contribution is 0.150. The molecule has 17 heavy (non-hydrogen) atoms. The molecular formula is C14H24N2S. The van der Waals surface area contributed by atoms with Crippen molar-refractivity contribution in [2.45, 2.75) is 45.2 Å². The minimum absolute atomic E-state index is 0.192.